The van der Waals surface area contributed by atoms with E-state index >= 15 is 0 Å². The number of anilines is 1. The van der Waals surface area contributed by atoms with E-state index in [4.69, 9.17) is 10.5 Å². The summed E-state index contributed by atoms with van der Waals surface area (Å²) >= 11 is 0. The average Bonchev–Trinajstić information content (AvgIpc) is 3.24. The van der Waals surface area contributed by atoms with Gasteiger partial charge in [0.2, 0.25) is 11.5 Å². The van der Waals surface area contributed by atoms with Crippen LogP contribution in [0.15, 0.2) is 65.3 Å². The van der Waals surface area contributed by atoms with Crippen molar-refractivity contribution >= 4 is 22.5 Å². The van der Waals surface area contributed by atoms with E-state index in [1.807, 2.05) is 18.2 Å². The fourth-order valence-corrected chi connectivity index (χ4v) is 3.39. The number of amides is 1. The predicted molar refractivity (Wildman–Crippen MR) is 122 cm³/mol. The summed E-state index contributed by atoms with van der Waals surface area (Å²) in [6, 6.07) is 20.6. The van der Waals surface area contributed by atoms with Crippen LogP contribution in [-0.4, -0.2) is 29.3 Å². The Bertz CT molecular complexity index is 1200. The second-order valence-electron chi connectivity index (χ2n) is 7.47. The van der Waals surface area contributed by atoms with Crippen molar-refractivity contribution in [2.45, 2.75) is 20.1 Å². The highest BCUT2D eigenvalue weighted by Crippen LogP contribution is 2.28. The fourth-order valence-electron chi connectivity index (χ4n) is 3.39. The molecule has 4 rings (SSSR count). The number of nitrogens with zero attached hydrogens (tertiary/aromatic N) is 2. The Morgan fingerprint density at radius 3 is 2.62 bits per heavy atom. The van der Waals surface area contributed by atoms with Gasteiger partial charge < -0.3 is 21.1 Å². The summed E-state index contributed by atoms with van der Waals surface area (Å²) in [5, 5.41) is 15.3. The minimum Gasteiger partial charge on any atom is -0.489 e. The Morgan fingerprint density at radius 1 is 1.03 bits per heavy atom. The van der Waals surface area contributed by atoms with Crippen LogP contribution >= 0.6 is 0 Å². The number of aromatic nitrogens is 2. The molecule has 0 aliphatic heterocycles. The minimum absolute atomic E-state index is 0.00848. The third-order valence-electron chi connectivity index (χ3n) is 5.13. The van der Waals surface area contributed by atoms with Crippen molar-refractivity contribution in [3.05, 3.63) is 83.0 Å². The number of benzene rings is 3. The van der Waals surface area contributed by atoms with Crippen LogP contribution < -0.4 is 21.1 Å². The van der Waals surface area contributed by atoms with Gasteiger partial charge in [-0.25, -0.2) is 4.63 Å². The molecule has 1 amide bonds. The number of aryl methyl sites for hydroxylation is 1. The molecule has 164 valence electrons. The summed E-state index contributed by atoms with van der Waals surface area (Å²) in [5.41, 5.74) is 8.94. The number of ether oxygens (including phenoxy) is 1. The summed E-state index contributed by atoms with van der Waals surface area (Å²) in [6.07, 6.45) is 0. The number of nitrogens with two attached hydrogens (primary N) is 1. The van der Waals surface area contributed by atoms with Crippen LogP contribution in [0.4, 0.5) is 5.82 Å². The molecule has 0 aliphatic rings. The lowest BCUT2D eigenvalue weighted by molar-refractivity contribution is 0.0944. The first-order valence-corrected chi connectivity index (χ1v) is 10.4. The maximum absolute atomic E-state index is 12.0. The molecule has 0 fully saturated rings. The van der Waals surface area contributed by atoms with Crippen LogP contribution in [0.5, 0.6) is 5.75 Å². The van der Waals surface area contributed by atoms with E-state index in [0.717, 1.165) is 27.6 Å². The molecule has 0 spiro atoms. The number of hydrogen-bond donors (Lipinski definition) is 3. The van der Waals surface area contributed by atoms with Gasteiger partial charge in [-0.1, -0.05) is 60.2 Å². The first-order chi connectivity index (χ1) is 15.6. The largest absolute Gasteiger partial charge is 0.489 e. The van der Waals surface area contributed by atoms with Crippen molar-refractivity contribution in [3.8, 4) is 5.75 Å². The monoisotopic (exact) mass is 431 g/mol. The molecular weight excluding hydrogens is 406 g/mol. The zero-order valence-corrected chi connectivity index (χ0v) is 17.8. The SMILES string of the molecule is Cc1ccc(COc2ccc3ccccc3c2CNCCNC(=O)c2nonc2N)cc1. The number of nitrogen functional groups attached to an aromatic ring is 1. The molecule has 0 radical (unpaired) electrons. The second-order valence-corrected chi connectivity index (χ2v) is 7.47. The number of fused-ring (bicyclic) bond motifs is 1. The van der Waals surface area contributed by atoms with Crippen molar-refractivity contribution in [2.75, 3.05) is 18.8 Å². The molecule has 32 heavy (non-hydrogen) atoms. The van der Waals surface area contributed by atoms with E-state index in [-0.39, 0.29) is 11.5 Å². The zero-order chi connectivity index (χ0) is 22.3. The molecule has 4 N–H and O–H groups in total. The molecule has 8 nitrogen and oxygen atoms in total. The normalized spacial score (nSPS) is 10.9. The van der Waals surface area contributed by atoms with Crippen LogP contribution in [0.3, 0.4) is 0 Å². The van der Waals surface area contributed by atoms with E-state index in [1.54, 1.807) is 0 Å². The number of nitrogens with one attached hydrogen (secondary N) is 2. The quantitative estimate of drug-likeness (QED) is 0.349. The molecule has 0 saturated heterocycles. The molecule has 8 heteroatoms. The maximum atomic E-state index is 12.0. The molecule has 4 aromatic rings. The summed E-state index contributed by atoms with van der Waals surface area (Å²) in [6.45, 7) is 4.10. The fraction of sp³-hybridized carbons (Fsp3) is 0.208. The van der Waals surface area contributed by atoms with Gasteiger partial charge >= 0.3 is 0 Å². The number of carbonyl (C=O) groups is 1. The van der Waals surface area contributed by atoms with E-state index in [1.165, 1.54) is 5.56 Å². The van der Waals surface area contributed by atoms with Gasteiger partial charge in [-0.3, -0.25) is 4.79 Å². The van der Waals surface area contributed by atoms with Gasteiger partial charge in [0.05, 0.1) is 0 Å². The molecule has 1 aromatic heterocycles. The topological polar surface area (TPSA) is 115 Å². The number of rotatable bonds is 9. The first-order valence-electron chi connectivity index (χ1n) is 10.4. The van der Waals surface area contributed by atoms with Crippen molar-refractivity contribution in [1.29, 1.82) is 0 Å². The highest BCUT2D eigenvalue weighted by molar-refractivity contribution is 5.95. The summed E-state index contributed by atoms with van der Waals surface area (Å²) in [4.78, 5) is 12.0. The van der Waals surface area contributed by atoms with Gasteiger partial charge in [0, 0.05) is 25.2 Å². The Morgan fingerprint density at radius 2 is 1.84 bits per heavy atom. The standard InChI is InChI=1S/C24H25N5O3/c1-16-6-8-17(9-7-16)15-31-21-11-10-18-4-2-3-5-19(18)20(21)14-26-12-13-27-24(30)22-23(25)29-32-28-22/h2-11,26H,12-15H2,1H3,(H2,25,29)(H,27,30). The number of hydrogen-bond acceptors (Lipinski definition) is 7. The average molecular weight is 431 g/mol. The summed E-state index contributed by atoms with van der Waals surface area (Å²) in [5.74, 6) is 0.390. The number of carbonyl (C=O) groups excluding carboxylic acids is 1. The van der Waals surface area contributed by atoms with Crippen LogP contribution in [0.25, 0.3) is 10.8 Å². The van der Waals surface area contributed by atoms with E-state index in [0.29, 0.717) is 26.2 Å². The van der Waals surface area contributed by atoms with Crippen molar-refractivity contribution in [2.24, 2.45) is 0 Å². The molecule has 0 bridgehead atoms. The first kappa shape index (κ1) is 21.3. The Kier molecular flexibility index (Phi) is 6.62. The lowest BCUT2D eigenvalue weighted by atomic mass is 10.0. The molecule has 0 aliphatic carbocycles. The summed E-state index contributed by atoms with van der Waals surface area (Å²) in [7, 11) is 0. The third-order valence-corrected chi connectivity index (χ3v) is 5.13. The highest BCUT2D eigenvalue weighted by Gasteiger charge is 2.15. The van der Waals surface area contributed by atoms with Crippen LogP contribution in [0, 0.1) is 6.92 Å². The van der Waals surface area contributed by atoms with Gasteiger partial charge in [0.1, 0.15) is 12.4 Å². The van der Waals surface area contributed by atoms with E-state index in [2.05, 4.69) is 75.0 Å². The second kappa shape index (κ2) is 9.93. The Hall–Kier alpha value is -3.91. The minimum atomic E-state index is -0.419. The summed E-state index contributed by atoms with van der Waals surface area (Å²) < 4.78 is 10.6. The van der Waals surface area contributed by atoms with Gasteiger partial charge in [-0.05, 0) is 39.6 Å². The smallest absolute Gasteiger partial charge is 0.277 e. The maximum Gasteiger partial charge on any atom is 0.277 e. The molecule has 0 atom stereocenters. The van der Waals surface area contributed by atoms with Crippen LogP contribution in [0.2, 0.25) is 0 Å². The molecule has 0 saturated carbocycles. The lowest BCUT2D eigenvalue weighted by Gasteiger charge is -2.15. The van der Waals surface area contributed by atoms with Crippen LogP contribution in [-0.2, 0) is 13.2 Å². The Labute approximate surface area is 185 Å². The predicted octanol–water partition coefficient (Wildman–Crippen LogP) is 3.21. The molecular formula is C24H25N5O3. The van der Waals surface area contributed by atoms with E-state index in [9.17, 15) is 4.79 Å². The van der Waals surface area contributed by atoms with Gasteiger partial charge in [-0.2, -0.15) is 0 Å². The third kappa shape index (κ3) is 5.04. The van der Waals surface area contributed by atoms with E-state index < -0.39 is 5.91 Å². The van der Waals surface area contributed by atoms with Gasteiger partial charge in [-0.15, -0.1) is 0 Å². The van der Waals surface area contributed by atoms with Crippen LogP contribution in [0.1, 0.15) is 27.2 Å². The van der Waals surface area contributed by atoms with Crippen molar-refractivity contribution < 1.29 is 14.2 Å². The van der Waals surface area contributed by atoms with Crippen molar-refractivity contribution in [3.63, 3.8) is 0 Å². The highest BCUT2D eigenvalue weighted by atomic mass is 16.6. The molecule has 3 aromatic carbocycles. The van der Waals surface area contributed by atoms with Gasteiger partial charge in [0.15, 0.2) is 0 Å². The Balaban J connectivity index is 1.39. The molecule has 1 heterocycles. The van der Waals surface area contributed by atoms with Gasteiger partial charge in [0.25, 0.3) is 5.91 Å². The zero-order valence-electron chi connectivity index (χ0n) is 17.8. The lowest BCUT2D eigenvalue weighted by Crippen LogP contribution is -2.32. The molecule has 0 unspecified atom stereocenters. The van der Waals surface area contributed by atoms with Crippen molar-refractivity contribution in [1.82, 2.24) is 20.9 Å².